The van der Waals surface area contributed by atoms with Crippen LogP contribution in [0.3, 0.4) is 0 Å². The Balaban J connectivity index is 1.74. The molecule has 0 saturated heterocycles. The molecule has 120 valence electrons. The van der Waals surface area contributed by atoms with Crippen LogP contribution in [0, 0.1) is 0 Å². The van der Waals surface area contributed by atoms with E-state index in [0.29, 0.717) is 12.1 Å². The molecule has 1 heterocycles. The molecule has 2 aromatic rings. The molecule has 1 fully saturated rings. The number of hydrogen-bond acceptors (Lipinski definition) is 3. The van der Waals surface area contributed by atoms with E-state index in [2.05, 4.69) is 22.4 Å². The zero-order valence-corrected chi connectivity index (χ0v) is 13.4. The van der Waals surface area contributed by atoms with Crippen molar-refractivity contribution in [2.75, 3.05) is 13.7 Å². The van der Waals surface area contributed by atoms with Crippen LogP contribution in [0.1, 0.15) is 41.6 Å². The summed E-state index contributed by atoms with van der Waals surface area (Å²) in [5, 5.41) is 3.11. The monoisotopic (exact) mass is 310 g/mol. The number of hydrogen-bond donors (Lipinski definition) is 1. The van der Waals surface area contributed by atoms with Crippen LogP contribution in [0.4, 0.5) is 0 Å². The molecule has 1 aromatic carbocycles. The highest BCUT2D eigenvalue weighted by Crippen LogP contribution is 2.41. The van der Waals surface area contributed by atoms with Gasteiger partial charge in [-0.15, -0.1) is 0 Å². The number of nitrogens with zero attached hydrogens (tertiary/aromatic N) is 1. The van der Waals surface area contributed by atoms with Gasteiger partial charge in [-0.3, -0.25) is 9.78 Å². The summed E-state index contributed by atoms with van der Waals surface area (Å²) in [4.78, 5) is 16.3. The predicted molar refractivity (Wildman–Crippen MR) is 89.7 cm³/mol. The van der Waals surface area contributed by atoms with E-state index in [4.69, 9.17) is 4.74 Å². The first kappa shape index (κ1) is 15.5. The van der Waals surface area contributed by atoms with Gasteiger partial charge in [0.2, 0.25) is 0 Å². The van der Waals surface area contributed by atoms with Crippen molar-refractivity contribution in [1.29, 1.82) is 0 Å². The smallest absolute Gasteiger partial charge is 0.251 e. The van der Waals surface area contributed by atoms with Crippen molar-refractivity contribution in [3.8, 4) is 5.75 Å². The minimum atomic E-state index is -0.0350. The summed E-state index contributed by atoms with van der Waals surface area (Å²) in [7, 11) is 1.68. The van der Waals surface area contributed by atoms with Crippen LogP contribution in [0.2, 0.25) is 0 Å². The molecule has 0 spiro atoms. The average Bonchev–Trinajstić information content (AvgIpc) is 3.11. The number of ether oxygens (including phenoxy) is 1. The Morgan fingerprint density at radius 3 is 2.39 bits per heavy atom. The van der Waals surface area contributed by atoms with Gasteiger partial charge in [0.05, 0.1) is 7.11 Å². The van der Waals surface area contributed by atoms with Gasteiger partial charge in [-0.2, -0.15) is 0 Å². The van der Waals surface area contributed by atoms with E-state index >= 15 is 0 Å². The maximum atomic E-state index is 12.3. The lowest BCUT2D eigenvalue weighted by molar-refractivity contribution is 0.0943. The quantitative estimate of drug-likeness (QED) is 0.921. The fourth-order valence-corrected chi connectivity index (χ4v) is 3.42. The number of pyridine rings is 1. The molecule has 1 saturated carbocycles. The van der Waals surface area contributed by atoms with E-state index in [0.717, 1.165) is 18.6 Å². The summed E-state index contributed by atoms with van der Waals surface area (Å²) in [5.74, 6) is 0.829. The highest BCUT2D eigenvalue weighted by molar-refractivity contribution is 5.94. The number of aromatic nitrogens is 1. The first-order valence-electron chi connectivity index (χ1n) is 8.06. The van der Waals surface area contributed by atoms with Gasteiger partial charge in [-0.05, 0) is 42.7 Å². The van der Waals surface area contributed by atoms with Gasteiger partial charge in [0, 0.05) is 29.9 Å². The number of benzene rings is 1. The van der Waals surface area contributed by atoms with Crippen LogP contribution in [0.5, 0.6) is 5.75 Å². The van der Waals surface area contributed by atoms with Crippen molar-refractivity contribution in [1.82, 2.24) is 10.3 Å². The zero-order valence-electron chi connectivity index (χ0n) is 13.4. The van der Waals surface area contributed by atoms with Crippen molar-refractivity contribution in [2.45, 2.75) is 31.1 Å². The number of amides is 1. The second-order valence-corrected chi connectivity index (χ2v) is 6.13. The zero-order chi connectivity index (χ0) is 16.1. The summed E-state index contributed by atoms with van der Waals surface area (Å²) >= 11 is 0. The van der Waals surface area contributed by atoms with E-state index in [1.807, 2.05) is 12.1 Å². The van der Waals surface area contributed by atoms with Gasteiger partial charge in [-0.25, -0.2) is 0 Å². The topological polar surface area (TPSA) is 51.2 Å². The van der Waals surface area contributed by atoms with Crippen LogP contribution in [0.15, 0.2) is 48.8 Å². The van der Waals surface area contributed by atoms with Gasteiger partial charge in [-0.1, -0.05) is 25.0 Å². The summed E-state index contributed by atoms with van der Waals surface area (Å²) in [5.41, 5.74) is 1.98. The van der Waals surface area contributed by atoms with Gasteiger partial charge in [0.25, 0.3) is 5.91 Å². The first-order chi connectivity index (χ1) is 11.2. The molecule has 3 rings (SSSR count). The fraction of sp³-hybridized carbons (Fsp3) is 0.368. The lowest BCUT2D eigenvalue weighted by Crippen LogP contribution is -2.39. The highest BCUT2D eigenvalue weighted by Gasteiger charge is 2.35. The van der Waals surface area contributed by atoms with Crippen LogP contribution in [-0.2, 0) is 5.41 Å². The van der Waals surface area contributed by atoms with Crippen LogP contribution >= 0.6 is 0 Å². The molecule has 23 heavy (non-hydrogen) atoms. The molecule has 0 bridgehead atoms. The van der Waals surface area contributed by atoms with Crippen LogP contribution in [-0.4, -0.2) is 24.5 Å². The van der Waals surface area contributed by atoms with Crippen molar-refractivity contribution in [3.63, 3.8) is 0 Å². The van der Waals surface area contributed by atoms with Crippen molar-refractivity contribution < 1.29 is 9.53 Å². The Hall–Kier alpha value is -2.36. The third-order valence-electron chi connectivity index (χ3n) is 4.79. The first-order valence-corrected chi connectivity index (χ1v) is 8.06. The molecule has 0 atom stereocenters. The van der Waals surface area contributed by atoms with Crippen LogP contribution < -0.4 is 10.1 Å². The Kier molecular flexibility index (Phi) is 4.60. The molecule has 0 unspecified atom stereocenters. The van der Waals surface area contributed by atoms with Crippen molar-refractivity contribution in [2.24, 2.45) is 0 Å². The van der Waals surface area contributed by atoms with E-state index in [-0.39, 0.29) is 11.3 Å². The number of nitrogens with one attached hydrogen (secondary N) is 1. The molecular weight excluding hydrogens is 288 g/mol. The Morgan fingerprint density at radius 2 is 1.78 bits per heavy atom. The van der Waals surface area contributed by atoms with Crippen molar-refractivity contribution in [3.05, 3.63) is 59.9 Å². The molecule has 1 aromatic heterocycles. The maximum absolute atomic E-state index is 12.3. The summed E-state index contributed by atoms with van der Waals surface area (Å²) in [6.45, 7) is 0.667. The molecule has 0 aliphatic heterocycles. The standard InChI is InChI=1S/C19H22N2O2/c1-23-17-6-4-16(5-7-17)19(10-2-3-11-19)14-21-18(22)15-8-12-20-13-9-15/h4-9,12-13H,2-3,10-11,14H2,1H3,(H,21,22). The van der Waals surface area contributed by atoms with Gasteiger partial charge in [0.1, 0.15) is 5.75 Å². The fourth-order valence-electron chi connectivity index (χ4n) is 3.42. The molecule has 1 aliphatic carbocycles. The molecule has 4 nitrogen and oxygen atoms in total. The lowest BCUT2D eigenvalue weighted by Gasteiger charge is -2.30. The number of carbonyl (C=O) groups is 1. The number of carbonyl (C=O) groups excluding carboxylic acids is 1. The average molecular weight is 310 g/mol. The minimum Gasteiger partial charge on any atom is -0.497 e. The molecule has 0 radical (unpaired) electrons. The van der Waals surface area contributed by atoms with Crippen LogP contribution in [0.25, 0.3) is 0 Å². The highest BCUT2D eigenvalue weighted by atomic mass is 16.5. The van der Waals surface area contributed by atoms with Gasteiger partial charge in [0.15, 0.2) is 0 Å². The van der Waals surface area contributed by atoms with E-state index in [9.17, 15) is 4.79 Å². The summed E-state index contributed by atoms with van der Waals surface area (Å²) in [6, 6.07) is 11.7. The van der Waals surface area contributed by atoms with E-state index in [1.54, 1.807) is 31.6 Å². The number of methoxy groups -OCH3 is 1. The largest absolute Gasteiger partial charge is 0.497 e. The third kappa shape index (κ3) is 3.36. The van der Waals surface area contributed by atoms with E-state index in [1.165, 1.54) is 18.4 Å². The molecule has 1 aliphatic rings. The second kappa shape index (κ2) is 6.82. The van der Waals surface area contributed by atoms with Crippen molar-refractivity contribution >= 4 is 5.91 Å². The molecule has 4 heteroatoms. The van der Waals surface area contributed by atoms with Gasteiger partial charge >= 0.3 is 0 Å². The number of rotatable bonds is 5. The molecule has 1 amide bonds. The normalized spacial score (nSPS) is 16.0. The Morgan fingerprint density at radius 1 is 1.13 bits per heavy atom. The third-order valence-corrected chi connectivity index (χ3v) is 4.79. The molecular formula is C19H22N2O2. The predicted octanol–water partition coefficient (Wildman–Crippen LogP) is 3.33. The maximum Gasteiger partial charge on any atom is 0.251 e. The lowest BCUT2D eigenvalue weighted by atomic mass is 9.78. The Labute approximate surface area is 136 Å². The Bertz CT molecular complexity index is 647. The summed E-state index contributed by atoms with van der Waals surface area (Å²) < 4.78 is 5.25. The summed E-state index contributed by atoms with van der Waals surface area (Å²) in [6.07, 6.45) is 7.91. The van der Waals surface area contributed by atoms with E-state index < -0.39 is 0 Å². The molecule has 1 N–H and O–H groups in total. The van der Waals surface area contributed by atoms with Gasteiger partial charge < -0.3 is 10.1 Å². The minimum absolute atomic E-state index is 0.0350. The SMILES string of the molecule is COc1ccc(C2(CNC(=O)c3ccncc3)CCCC2)cc1. The second-order valence-electron chi connectivity index (χ2n) is 6.13.